The van der Waals surface area contributed by atoms with Gasteiger partial charge in [-0.1, -0.05) is 30.3 Å². The number of aliphatic hydroxyl groups is 1. The van der Waals surface area contributed by atoms with Crippen LogP contribution in [-0.2, 0) is 24.3 Å². The van der Waals surface area contributed by atoms with Gasteiger partial charge in [0.15, 0.2) is 0 Å². The Labute approximate surface area is 227 Å². The molecule has 1 heterocycles. The molecule has 204 valence electrons. The summed E-state index contributed by atoms with van der Waals surface area (Å²) in [5, 5.41) is 11.3. The van der Waals surface area contributed by atoms with Crippen molar-refractivity contribution in [3.63, 3.8) is 0 Å². The van der Waals surface area contributed by atoms with Crippen molar-refractivity contribution in [1.82, 2.24) is 9.21 Å². The molecule has 1 N–H and O–H groups in total. The van der Waals surface area contributed by atoms with Crippen molar-refractivity contribution in [2.24, 2.45) is 0 Å². The van der Waals surface area contributed by atoms with E-state index in [0.717, 1.165) is 4.31 Å². The second kappa shape index (κ2) is 11.8. The van der Waals surface area contributed by atoms with E-state index in [0.29, 0.717) is 30.1 Å². The largest absolute Gasteiger partial charge is 0.507 e. The molecule has 0 aliphatic carbocycles. The number of likely N-dealkylation sites (tertiary alicyclic amines) is 1. The molecule has 3 aromatic carbocycles. The molecule has 1 aliphatic heterocycles. The molecule has 0 aromatic heterocycles. The van der Waals surface area contributed by atoms with Crippen LogP contribution in [0.1, 0.15) is 23.6 Å². The van der Waals surface area contributed by atoms with Crippen molar-refractivity contribution in [2.45, 2.75) is 17.4 Å². The van der Waals surface area contributed by atoms with Gasteiger partial charge in [0.25, 0.3) is 11.7 Å². The van der Waals surface area contributed by atoms with Gasteiger partial charge in [0.05, 0.1) is 16.5 Å². The highest BCUT2D eigenvalue weighted by atomic mass is 32.2. The first kappa shape index (κ1) is 28.0. The minimum Gasteiger partial charge on any atom is -0.507 e. The molecule has 10 heteroatoms. The molecule has 1 saturated heterocycles. The van der Waals surface area contributed by atoms with Gasteiger partial charge in [-0.15, -0.1) is 0 Å². The van der Waals surface area contributed by atoms with Gasteiger partial charge in [-0.3, -0.25) is 9.59 Å². The number of sulfonamides is 1. The third-order valence-corrected chi connectivity index (χ3v) is 8.18. The number of hydrogen-bond donors (Lipinski definition) is 1. The Hall–Kier alpha value is -3.99. The topological polar surface area (TPSA) is 113 Å². The molecule has 3 aromatic rings. The van der Waals surface area contributed by atoms with E-state index in [1.54, 1.807) is 31.4 Å². The van der Waals surface area contributed by atoms with Gasteiger partial charge in [0, 0.05) is 39.9 Å². The summed E-state index contributed by atoms with van der Waals surface area (Å²) < 4.78 is 37.1. The number of aliphatic hydroxyl groups excluding tert-OH is 1. The van der Waals surface area contributed by atoms with Crippen LogP contribution in [0, 0.1) is 0 Å². The van der Waals surface area contributed by atoms with Gasteiger partial charge in [0.1, 0.15) is 17.3 Å². The minimum atomic E-state index is -3.68. The number of benzene rings is 3. The van der Waals surface area contributed by atoms with E-state index in [2.05, 4.69) is 0 Å². The monoisotopic (exact) mass is 550 g/mol. The van der Waals surface area contributed by atoms with E-state index in [4.69, 9.17) is 9.47 Å². The van der Waals surface area contributed by atoms with Crippen LogP contribution < -0.4 is 4.74 Å². The van der Waals surface area contributed by atoms with Crippen LogP contribution in [-0.4, -0.2) is 68.8 Å². The molecule has 1 amide bonds. The Kier molecular flexibility index (Phi) is 8.49. The number of carbonyl (C=O) groups excluding carboxylic acids is 2. The number of nitrogens with zero attached hydrogens (tertiary/aromatic N) is 2. The number of rotatable bonds is 10. The molecule has 0 spiro atoms. The lowest BCUT2D eigenvalue weighted by Crippen LogP contribution is -2.31. The zero-order valence-corrected chi connectivity index (χ0v) is 22.7. The van der Waals surface area contributed by atoms with E-state index in [-0.39, 0.29) is 22.6 Å². The lowest BCUT2D eigenvalue weighted by atomic mass is 9.95. The minimum absolute atomic E-state index is 0.0337. The maximum atomic E-state index is 13.3. The van der Waals surface area contributed by atoms with Crippen molar-refractivity contribution in [2.75, 3.05) is 34.4 Å². The maximum absolute atomic E-state index is 13.3. The molecule has 4 rings (SSSR count). The lowest BCUT2D eigenvalue weighted by Gasteiger charge is -2.25. The number of methoxy groups -OCH3 is 1. The van der Waals surface area contributed by atoms with Crippen LogP contribution in [0.15, 0.2) is 89.3 Å². The second-order valence-electron chi connectivity index (χ2n) is 9.14. The zero-order chi connectivity index (χ0) is 28.2. The third-order valence-electron chi connectivity index (χ3n) is 6.35. The van der Waals surface area contributed by atoms with Crippen molar-refractivity contribution < 1.29 is 32.6 Å². The molecule has 1 atom stereocenters. The molecule has 1 aliphatic rings. The lowest BCUT2D eigenvalue weighted by molar-refractivity contribution is -0.140. The summed E-state index contributed by atoms with van der Waals surface area (Å²) in [6.45, 7) is 0.609. The van der Waals surface area contributed by atoms with E-state index in [1.807, 2.05) is 30.3 Å². The van der Waals surface area contributed by atoms with Crippen LogP contribution in [0.3, 0.4) is 0 Å². The Balaban J connectivity index is 1.78. The van der Waals surface area contributed by atoms with Gasteiger partial charge < -0.3 is 19.5 Å². The van der Waals surface area contributed by atoms with Crippen LogP contribution in [0.5, 0.6) is 11.5 Å². The quantitative estimate of drug-likeness (QED) is 0.174. The summed E-state index contributed by atoms with van der Waals surface area (Å²) >= 11 is 0. The normalized spacial score (nSPS) is 17.1. The summed E-state index contributed by atoms with van der Waals surface area (Å²) in [7, 11) is 0.709. The Morgan fingerprint density at radius 1 is 0.949 bits per heavy atom. The summed E-state index contributed by atoms with van der Waals surface area (Å²) in [5.74, 6) is -0.833. The highest BCUT2D eigenvalue weighted by Gasteiger charge is 2.46. The molecular formula is C29H30N2O7S. The van der Waals surface area contributed by atoms with Crippen LogP contribution >= 0.6 is 0 Å². The van der Waals surface area contributed by atoms with Gasteiger partial charge in [-0.2, -0.15) is 0 Å². The molecule has 0 radical (unpaired) electrons. The highest BCUT2D eigenvalue weighted by molar-refractivity contribution is 7.89. The van der Waals surface area contributed by atoms with E-state index in [9.17, 15) is 23.1 Å². The molecule has 39 heavy (non-hydrogen) atoms. The van der Waals surface area contributed by atoms with Crippen LogP contribution in [0.4, 0.5) is 0 Å². The fraction of sp³-hybridized carbons (Fsp3) is 0.241. The third kappa shape index (κ3) is 5.88. The zero-order valence-electron chi connectivity index (χ0n) is 21.9. The molecule has 0 saturated carbocycles. The van der Waals surface area contributed by atoms with Crippen molar-refractivity contribution in [3.05, 3.63) is 95.6 Å². The first-order valence-electron chi connectivity index (χ1n) is 12.3. The summed E-state index contributed by atoms with van der Waals surface area (Å²) in [4.78, 5) is 27.9. The van der Waals surface area contributed by atoms with E-state index < -0.39 is 33.5 Å². The van der Waals surface area contributed by atoms with Crippen molar-refractivity contribution in [3.8, 4) is 11.5 Å². The van der Waals surface area contributed by atoms with Gasteiger partial charge in [0.2, 0.25) is 10.0 Å². The predicted octanol–water partition coefficient (Wildman–Crippen LogP) is 4.19. The number of ether oxygens (including phenoxy) is 2. The highest BCUT2D eigenvalue weighted by Crippen LogP contribution is 2.40. The van der Waals surface area contributed by atoms with Crippen LogP contribution in [0.25, 0.3) is 5.76 Å². The SMILES string of the molecule is COCCCN1C(=O)C(=O)C(=C(O)c2ccc(S(=O)(=O)N(C)C)cc2)[C@@H]1c1cccc(Oc2ccccc2)c1. The standard InChI is InChI=1S/C29H30N2O7S/c1-30(2)39(35,36)24-15-13-20(14-16-24)27(32)25-26(31(17-8-18-37-3)29(34)28(25)33)21-9-7-12-23(19-21)38-22-10-5-4-6-11-22/h4-7,9-16,19,26,32H,8,17-18H2,1-3H3/t26-/m0/s1. The van der Waals surface area contributed by atoms with Crippen molar-refractivity contribution in [1.29, 1.82) is 0 Å². The number of carbonyl (C=O) groups is 2. The average molecular weight is 551 g/mol. The Morgan fingerprint density at radius 2 is 1.62 bits per heavy atom. The number of ketones is 1. The molecule has 1 fully saturated rings. The summed E-state index contributed by atoms with van der Waals surface area (Å²) in [6, 6.07) is 20.8. The van der Waals surface area contributed by atoms with E-state index in [1.165, 1.54) is 43.3 Å². The first-order chi connectivity index (χ1) is 18.6. The smallest absolute Gasteiger partial charge is 0.295 e. The van der Waals surface area contributed by atoms with Gasteiger partial charge in [-0.25, -0.2) is 12.7 Å². The Morgan fingerprint density at radius 3 is 2.26 bits per heavy atom. The fourth-order valence-electron chi connectivity index (χ4n) is 4.36. The second-order valence-corrected chi connectivity index (χ2v) is 11.3. The summed E-state index contributed by atoms with van der Waals surface area (Å²) in [5.41, 5.74) is 0.704. The van der Waals surface area contributed by atoms with Gasteiger partial charge in [-0.05, 0) is 60.5 Å². The van der Waals surface area contributed by atoms with Crippen LogP contribution in [0.2, 0.25) is 0 Å². The number of para-hydroxylation sites is 1. The predicted molar refractivity (Wildman–Crippen MR) is 146 cm³/mol. The van der Waals surface area contributed by atoms with Crippen molar-refractivity contribution >= 4 is 27.5 Å². The molecular weight excluding hydrogens is 520 g/mol. The molecule has 0 unspecified atom stereocenters. The number of Topliss-reactive ketones (excluding diaryl/α,β-unsaturated/α-hetero) is 1. The molecule has 0 bridgehead atoms. The van der Waals surface area contributed by atoms with Gasteiger partial charge >= 0.3 is 0 Å². The average Bonchev–Trinajstić information content (AvgIpc) is 3.18. The molecule has 9 nitrogen and oxygen atoms in total. The number of hydrogen-bond acceptors (Lipinski definition) is 7. The maximum Gasteiger partial charge on any atom is 0.295 e. The fourth-order valence-corrected chi connectivity index (χ4v) is 5.26. The first-order valence-corrected chi connectivity index (χ1v) is 13.7. The summed E-state index contributed by atoms with van der Waals surface area (Å²) in [6.07, 6.45) is 0.483. The number of amides is 1. The van der Waals surface area contributed by atoms with E-state index >= 15 is 0 Å². The Bertz CT molecular complexity index is 1480.